The standard InChI is InChI=1S/C22H33N5O2.HI/c1-3-23-22(26-14-10-21(11-15-26)29-17-5-16-28-2)24-18-19-6-8-20(9-7-19)27-13-4-12-25-27;/h4,6-9,12-13,21H,3,5,10-11,14-18H2,1-2H3,(H,23,24);1H. The zero-order valence-electron chi connectivity index (χ0n) is 18.0. The highest BCUT2D eigenvalue weighted by Crippen LogP contribution is 2.15. The number of methoxy groups -OCH3 is 1. The Kier molecular flexibility index (Phi) is 11.2. The van der Waals surface area contributed by atoms with Crippen LogP contribution in [0.25, 0.3) is 5.69 Å². The van der Waals surface area contributed by atoms with Gasteiger partial charge in [-0.1, -0.05) is 12.1 Å². The fourth-order valence-electron chi connectivity index (χ4n) is 3.46. The number of piperidine rings is 1. The van der Waals surface area contributed by atoms with Crippen molar-refractivity contribution in [3.8, 4) is 5.69 Å². The van der Waals surface area contributed by atoms with E-state index in [1.165, 1.54) is 5.56 Å². The third kappa shape index (κ3) is 7.55. The number of hydrogen-bond acceptors (Lipinski definition) is 4. The van der Waals surface area contributed by atoms with Crippen LogP contribution in [0.4, 0.5) is 0 Å². The minimum atomic E-state index is 0. The summed E-state index contributed by atoms with van der Waals surface area (Å²) in [5.41, 5.74) is 2.25. The lowest BCUT2D eigenvalue weighted by molar-refractivity contribution is 0.00990. The van der Waals surface area contributed by atoms with E-state index < -0.39 is 0 Å². The van der Waals surface area contributed by atoms with Gasteiger partial charge >= 0.3 is 0 Å². The van der Waals surface area contributed by atoms with Gasteiger partial charge in [0.15, 0.2) is 5.96 Å². The normalized spacial score (nSPS) is 15.1. The van der Waals surface area contributed by atoms with E-state index in [2.05, 4.69) is 46.5 Å². The lowest BCUT2D eigenvalue weighted by atomic mass is 10.1. The van der Waals surface area contributed by atoms with Gasteiger partial charge in [0.05, 0.1) is 18.3 Å². The number of halogens is 1. The van der Waals surface area contributed by atoms with Gasteiger partial charge in [0.25, 0.3) is 0 Å². The molecule has 2 heterocycles. The van der Waals surface area contributed by atoms with Crippen molar-refractivity contribution in [3.63, 3.8) is 0 Å². The van der Waals surface area contributed by atoms with Crippen molar-refractivity contribution in [2.45, 2.75) is 38.8 Å². The van der Waals surface area contributed by atoms with Crippen LogP contribution in [0.2, 0.25) is 0 Å². The predicted octanol–water partition coefficient (Wildman–Crippen LogP) is 3.47. The van der Waals surface area contributed by atoms with E-state index in [1.54, 1.807) is 13.3 Å². The van der Waals surface area contributed by atoms with Crippen LogP contribution in [-0.4, -0.2) is 66.7 Å². The first-order chi connectivity index (χ1) is 14.3. The van der Waals surface area contributed by atoms with Crippen LogP contribution in [0, 0.1) is 0 Å². The first kappa shape index (κ1) is 24.6. The number of hydrogen-bond donors (Lipinski definition) is 1. The average Bonchev–Trinajstić information content (AvgIpc) is 3.30. The van der Waals surface area contributed by atoms with E-state index in [4.69, 9.17) is 14.5 Å². The summed E-state index contributed by atoms with van der Waals surface area (Å²) in [6, 6.07) is 10.3. The van der Waals surface area contributed by atoms with E-state index in [0.29, 0.717) is 12.6 Å². The molecule has 0 atom stereocenters. The quantitative estimate of drug-likeness (QED) is 0.234. The molecule has 1 aromatic carbocycles. The number of guanidine groups is 1. The molecule has 166 valence electrons. The summed E-state index contributed by atoms with van der Waals surface area (Å²) in [6.45, 7) is 7.12. The molecule has 1 N–H and O–H groups in total. The predicted molar refractivity (Wildman–Crippen MR) is 131 cm³/mol. The third-order valence-corrected chi connectivity index (χ3v) is 5.04. The summed E-state index contributed by atoms with van der Waals surface area (Å²) in [5, 5.41) is 7.70. The van der Waals surface area contributed by atoms with E-state index >= 15 is 0 Å². The molecule has 7 nitrogen and oxygen atoms in total. The molecule has 30 heavy (non-hydrogen) atoms. The molecule has 3 rings (SSSR count). The van der Waals surface area contributed by atoms with E-state index in [-0.39, 0.29) is 24.0 Å². The van der Waals surface area contributed by atoms with Gasteiger partial charge in [0.1, 0.15) is 0 Å². The summed E-state index contributed by atoms with van der Waals surface area (Å²) in [7, 11) is 1.73. The molecule has 1 aromatic heterocycles. The Hall–Kier alpha value is -1.65. The first-order valence-corrected chi connectivity index (χ1v) is 10.5. The van der Waals surface area contributed by atoms with Crippen LogP contribution >= 0.6 is 24.0 Å². The van der Waals surface area contributed by atoms with Crippen molar-refractivity contribution in [2.24, 2.45) is 4.99 Å². The highest BCUT2D eigenvalue weighted by Gasteiger charge is 2.21. The van der Waals surface area contributed by atoms with Gasteiger partial charge in [0.2, 0.25) is 0 Å². The van der Waals surface area contributed by atoms with Crippen molar-refractivity contribution >= 4 is 29.9 Å². The fourth-order valence-corrected chi connectivity index (χ4v) is 3.46. The average molecular weight is 527 g/mol. The molecular weight excluding hydrogens is 493 g/mol. The fraction of sp³-hybridized carbons (Fsp3) is 0.545. The van der Waals surface area contributed by atoms with Crippen LogP contribution in [0.15, 0.2) is 47.7 Å². The molecule has 1 fully saturated rings. The van der Waals surface area contributed by atoms with Crippen molar-refractivity contribution in [1.82, 2.24) is 20.0 Å². The van der Waals surface area contributed by atoms with Gasteiger partial charge in [-0.05, 0) is 49.9 Å². The molecule has 2 aromatic rings. The summed E-state index contributed by atoms with van der Waals surface area (Å²) in [6.07, 6.45) is 7.11. The van der Waals surface area contributed by atoms with E-state index in [0.717, 1.165) is 63.8 Å². The minimum Gasteiger partial charge on any atom is -0.385 e. The van der Waals surface area contributed by atoms with Crippen LogP contribution < -0.4 is 5.32 Å². The van der Waals surface area contributed by atoms with E-state index in [1.807, 2.05) is 16.9 Å². The SMILES string of the molecule is CCNC(=NCc1ccc(-n2cccn2)cc1)N1CCC(OCCCOC)CC1.I. The maximum absolute atomic E-state index is 5.97. The number of rotatable bonds is 9. The molecule has 8 heteroatoms. The second kappa shape index (κ2) is 13.6. The molecule has 0 unspecified atom stereocenters. The van der Waals surface area contributed by atoms with Gasteiger partial charge in [0, 0.05) is 52.4 Å². The summed E-state index contributed by atoms with van der Waals surface area (Å²) < 4.78 is 12.9. The summed E-state index contributed by atoms with van der Waals surface area (Å²) in [5.74, 6) is 0.987. The maximum atomic E-state index is 5.97. The molecule has 0 amide bonds. The molecule has 1 aliphatic heterocycles. The smallest absolute Gasteiger partial charge is 0.194 e. The lowest BCUT2D eigenvalue weighted by Gasteiger charge is -2.34. The molecule has 1 aliphatic rings. The molecule has 0 saturated carbocycles. The van der Waals surface area contributed by atoms with Gasteiger partial charge < -0.3 is 19.7 Å². The molecule has 0 spiro atoms. The lowest BCUT2D eigenvalue weighted by Crippen LogP contribution is -2.47. The molecule has 0 radical (unpaired) electrons. The summed E-state index contributed by atoms with van der Waals surface area (Å²) in [4.78, 5) is 7.21. The van der Waals surface area contributed by atoms with Gasteiger partial charge in [-0.15, -0.1) is 24.0 Å². The molecular formula is C22H34IN5O2. The Morgan fingerprint density at radius 1 is 1.20 bits per heavy atom. The number of aromatic nitrogens is 2. The Bertz CT molecular complexity index is 728. The van der Waals surface area contributed by atoms with Crippen molar-refractivity contribution in [2.75, 3.05) is 40.0 Å². The minimum absolute atomic E-state index is 0. The number of nitrogens with zero attached hydrogens (tertiary/aromatic N) is 4. The zero-order valence-corrected chi connectivity index (χ0v) is 20.3. The van der Waals surface area contributed by atoms with Crippen LogP contribution in [-0.2, 0) is 16.0 Å². The summed E-state index contributed by atoms with van der Waals surface area (Å²) >= 11 is 0. The number of ether oxygens (including phenoxy) is 2. The second-order valence-corrected chi connectivity index (χ2v) is 7.19. The topological polar surface area (TPSA) is 63.9 Å². The van der Waals surface area contributed by atoms with Gasteiger partial charge in [-0.2, -0.15) is 5.10 Å². The Morgan fingerprint density at radius 2 is 1.97 bits per heavy atom. The largest absolute Gasteiger partial charge is 0.385 e. The molecule has 1 saturated heterocycles. The number of aliphatic imine (C=N–C) groups is 1. The number of nitrogens with one attached hydrogen (secondary N) is 1. The highest BCUT2D eigenvalue weighted by atomic mass is 127. The van der Waals surface area contributed by atoms with Crippen LogP contribution in [0.1, 0.15) is 31.7 Å². The number of benzene rings is 1. The zero-order chi connectivity index (χ0) is 20.3. The first-order valence-electron chi connectivity index (χ1n) is 10.5. The van der Waals surface area contributed by atoms with Crippen LogP contribution in [0.5, 0.6) is 0 Å². The maximum Gasteiger partial charge on any atom is 0.194 e. The third-order valence-electron chi connectivity index (χ3n) is 5.04. The van der Waals surface area contributed by atoms with Crippen molar-refractivity contribution in [1.29, 1.82) is 0 Å². The Labute approximate surface area is 196 Å². The van der Waals surface area contributed by atoms with Crippen molar-refractivity contribution in [3.05, 3.63) is 48.3 Å². The molecule has 0 aliphatic carbocycles. The Morgan fingerprint density at radius 3 is 2.60 bits per heavy atom. The van der Waals surface area contributed by atoms with E-state index in [9.17, 15) is 0 Å². The second-order valence-electron chi connectivity index (χ2n) is 7.19. The molecule has 0 bridgehead atoms. The number of likely N-dealkylation sites (tertiary alicyclic amines) is 1. The van der Waals surface area contributed by atoms with Crippen molar-refractivity contribution < 1.29 is 9.47 Å². The highest BCUT2D eigenvalue weighted by molar-refractivity contribution is 14.0. The van der Waals surface area contributed by atoms with Crippen LogP contribution in [0.3, 0.4) is 0 Å². The van der Waals surface area contributed by atoms with Gasteiger partial charge in [-0.25, -0.2) is 9.67 Å². The van der Waals surface area contributed by atoms with Gasteiger partial charge in [-0.3, -0.25) is 0 Å². The Balaban J connectivity index is 0.00000320. The monoisotopic (exact) mass is 527 g/mol.